The molecule has 21 heavy (non-hydrogen) atoms. The minimum Gasteiger partial charge on any atom is -0.465 e. The van der Waals surface area contributed by atoms with Gasteiger partial charge in [0.2, 0.25) is 0 Å². The Morgan fingerprint density at radius 1 is 1.57 bits per heavy atom. The number of pyridine rings is 1. The Kier molecular flexibility index (Phi) is 3.42. The number of aromatic amines is 1. The smallest absolute Gasteiger partial charge is 0.344 e. The monoisotopic (exact) mass is 307 g/mol. The first-order valence-corrected chi connectivity index (χ1v) is 7.10. The molecule has 9 heteroatoms. The number of hydrogen-bond donors (Lipinski definition) is 2. The number of anilines is 1. The van der Waals surface area contributed by atoms with Crippen LogP contribution in [-0.4, -0.2) is 32.8 Å². The van der Waals surface area contributed by atoms with E-state index in [0.29, 0.717) is 10.2 Å². The maximum absolute atomic E-state index is 11.7. The van der Waals surface area contributed by atoms with E-state index in [2.05, 4.69) is 19.9 Å². The summed E-state index contributed by atoms with van der Waals surface area (Å²) >= 11 is 1.20. The molecule has 3 rings (SSSR count). The van der Waals surface area contributed by atoms with Gasteiger partial charge in [-0.3, -0.25) is 4.57 Å². The molecule has 110 valence electrons. The van der Waals surface area contributed by atoms with E-state index >= 15 is 0 Å². The Balaban J connectivity index is 1.92. The molecule has 0 aliphatic heterocycles. The third kappa shape index (κ3) is 2.64. The van der Waals surface area contributed by atoms with Gasteiger partial charge < -0.3 is 10.5 Å². The van der Waals surface area contributed by atoms with Crippen molar-refractivity contribution in [2.75, 3.05) is 12.8 Å². The zero-order valence-electron chi connectivity index (χ0n) is 11.2. The van der Waals surface area contributed by atoms with E-state index in [9.17, 15) is 9.59 Å². The number of esters is 1. The highest BCUT2D eigenvalue weighted by Gasteiger charge is 2.29. The number of H-pyrrole nitrogens is 1. The van der Waals surface area contributed by atoms with E-state index in [-0.39, 0.29) is 23.0 Å². The van der Waals surface area contributed by atoms with Gasteiger partial charge in [-0.15, -0.1) is 5.10 Å². The average molecular weight is 307 g/mol. The number of hydrogen-bond acceptors (Lipinski definition) is 7. The van der Waals surface area contributed by atoms with E-state index in [1.54, 1.807) is 4.57 Å². The molecule has 8 nitrogen and oxygen atoms in total. The van der Waals surface area contributed by atoms with Crippen LogP contribution in [0.2, 0.25) is 0 Å². The fourth-order valence-electron chi connectivity index (χ4n) is 1.90. The summed E-state index contributed by atoms with van der Waals surface area (Å²) in [4.78, 5) is 27.5. The highest BCUT2D eigenvalue weighted by molar-refractivity contribution is 7.99. The molecule has 0 unspecified atom stereocenters. The molecule has 2 aromatic heterocycles. The topological polar surface area (TPSA) is 116 Å². The Labute approximate surface area is 123 Å². The Morgan fingerprint density at radius 3 is 3.00 bits per heavy atom. The molecule has 0 saturated heterocycles. The van der Waals surface area contributed by atoms with Crippen molar-refractivity contribution in [3.63, 3.8) is 0 Å². The van der Waals surface area contributed by atoms with Crippen LogP contribution in [0.1, 0.15) is 29.2 Å². The van der Waals surface area contributed by atoms with Crippen molar-refractivity contribution in [3.05, 3.63) is 28.3 Å². The summed E-state index contributed by atoms with van der Waals surface area (Å²) in [6.45, 7) is 0. The van der Waals surface area contributed by atoms with Gasteiger partial charge in [0.25, 0.3) is 0 Å². The fraction of sp³-hybridized carbons (Fsp3) is 0.333. The molecule has 0 bridgehead atoms. The van der Waals surface area contributed by atoms with Gasteiger partial charge in [-0.1, -0.05) is 0 Å². The van der Waals surface area contributed by atoms with Crippen molar-refractivity contribution in [1.82, 2.24) is 19.7 Å². The molecule has 2 aromatic rings. The maximum Gasteiger partial charge on any atom is 0.344 e. The lowest BCUT2D eigenvalue weighted by molar-refractivity contribution is 0.0601. The Bertz CT molecular complexity index is 750. The summed E-state index contributed by atoms with van der Waals surface area (Å²) < 4.78 is 6.28. The number of ether oxygens (including phenoxy) is 1. The minimum atomic E-state index is -0.529. The van der Waals surface area contributed by atoms with Crippen LogP contribution in [0.4, 0.5) is 5.69 Å². The molecule has 0 spiro atoms. The molecule has 1 fully saturated rings. The standard InChI is InChI=1S/C12H13N5O3S/c1-20-10(18)7-4-9(14-5-8(7)13)21-12-16-15-11(19)17(12)6-2-3-6/h4-6H,2-3,13H2,1H3,(H,15,19). The number of methoxy groups -OCH3 is 1. The molecule has 0 aromatic carbocycles. The fourth-order valence-corrected chi connectivity index (χ4v) is 2.79. The minimum absolute atomic E-state index is 0.201. The van der Waals surface area contributed by atoms with Crippen LogP contribution in [0.25, 0.3) is 0 Å². The third-order valence-corrected chi connectivity index (χ3v) is 4.00. The number of nitrogens with two attached hydrogens (primary N) is 1. The Morgan fingerprint density at radius 2 is 2.33 bits per heavy atom. The van der Waals surface area contributed by atoms with Gasteiger partial charge in [0.15, 0.2) is 5.16 Å². The van der Waals surface area contributed by atoms with Crippen molar-refractivity contribution in [2.24, 2.45) is 0 Å². The lowest BCUT2D eigenvalue weighted by Crippen LogP contribution is -2.16. The van der Waals surface area contributed by atoms with E-state index in [4.69, 9.17) is 5.73 Å². The number of carbonyl (C=O) groups is 1. The van der Waals surface area contributed by atoms with Crippen molar-refractivity contribution in [1.29, 1.82) is 0 Å². The molecular weight excluding hydrogens is 294 g/mol. The quantitative estimate of drug-likeness (QED) is 0.803. The van der Waals surface area contributed by atoms with Crippen molar-refractivity contribution in [2.45, 2.75) is 29.1 Å². The highest BCUT2D eigenvalue weighted by atomic mass is 32.2. The molecule has 2 heterocycles. The van der Waals surface area contributed by atoms with Crippen molar-refractivity contribution < 1.29 is 9.53 Å². The van der Waals surface area contributed by atoms with E-state index in [0.717, 1.165) is 12.8 Å². The number of nitrogen functional groups attached to an aromatic ring is 1. The summed E-state index contributed by atoms with van der Waals surface area (Å²) in [5.74, 6) is -0.529. The molecule has 3 N–H and O–H groups in total. The average Bonchev–Trinajstić information content (AvgIpc) is 3.25. The van der Waals surface area contributed by atoms with Crippen LogP contribution in [0.3, 0.4) is 0 Å². The predicted molar refractivity (Wildman–Crippen MR) is 75.2 cm³/mol. The second-order valence-corrected chi connectivity index (χ2v) is 5.60. The number of aromatic nitrogens is 4. The lowest BCUT2D eigenvalue weighted by Gasteiger charge is -2.06. The molecule has 1 saturated carbocycles. The lowest BCUT2D eigenvalue weighted by atomic mass is 10.2. The molecule has 1 aliphatic carbocycles. The zero-order chi connectivity index (χ0) is 15.0. The number of rotatable bonds is 4. The van der Waals surface area contributed by atoms with E-state index in [1.807, 2.05) is 0 Å². The predicted octanol–water partition coefficient (Wildman–Crippen LogP) is 0.821. The molecular formula is C12H13N5O3S. The zero-order valence-corrected chi connectivity index (χ0v) is 12.0. The highest BCUT2D eigenvalue weighted by Crippen LogP contribution is 2.37. The maximum atomic E-state index is 11.7. The van der Waals surface area contributed by atoms with Gasteiger partial charge in [0.05, 0.1) is 24.6 Å². The third-order valence-electron chi connectivity index (χ3n) is 3.09. The van der Waals surface area contributed by atoms with Gasteiger partial charge in [-0.25, -0.2) is 19.7 Å². The van der Waals surface area contributed by atoms with Crippen LogP contribution < -0.4 is 11.4 Å². The first kappa shape index (κ1) is 13.7. The molecule has 0 radical (unpaired) electrons. The number of nitrogens with zero attached hydrogens (tertiary/aromatic N) is 3. The van der Waals surface area contributed by atoms with E-state index in [1.165, 1.54) is 31.1 Å². The first-order chi connectivity index (χ1) is 10.1. The van der Waals surface area contributed by atoms with Crippen molar-refractivity contribution >= 4 is 23.4 Å². The van der Waals surface area contributed by atoms with Crippen LogP contribution in [0, 0.1) is 0 Å². The molecule has 0 amide bonds. The normalized spacial score (nSPS) is 14.1. The van der Waals surface area contributed by atoms with Crippen LogP contribution in [-0.2, 0) is 4.74 Å². The van der Waals surface area contributed by atoms with Gasteiger partial charge in [-0.05, 0) is 30.7 Å². The first-order valence-electron chi connectivity index (χ1n) is 6.28. The van der Waals surface area contributed by atoms with Gasteiger partial charge in [0.1, 0.15) is 5.03 Å². The summed E-state index contributed by atoms with van der Waals surface area (Å²) in [6, 6.07) is 1.73. The van der Waals surface area contributed by atoms with Gasteiger partial charge >= 0.3 is 11.7 Å². The second kappa shape index (κ2) is 5.24. The Hall–Kier alpha value is -2.29. The van der Waals surface area contributed by atoms with E-state index < -0.39 is 5.97 Å². The summed E-state index contributed by atoms with van der Waals surface area (Å²) in [5.41, 5.74) is 5.95. The van der Waals surface area contributed by atoms with Crippen LogP contribution in [0.15, 0.2) is 27.2 Å². The summed E-state index contributed by atoms with van der Waals surface area (Å²) in [7, 11) is 1.29. The second-order valence-electron chi connectivity index (χ2n) is 4.62. The van der Waals surface area contributed by atoms with Gasteiger partial charge in [-0.2, -0.15) is 0 Å². The number of nitrogens with one attached hydrogen (secondary N) is 1. The molecule has 0 atom stereocenters. The summed E-state index contributed by atoms with van der Waals surface area (Å²) in [6.07, 6.45) is 3.33. The van der Waals surface area contributed by atoms with Crippen molar-refractivity contribution in [3.8, 4) is 0 Å². The van der Waals surface area contributed by atoms with Crippen LogP contribution in [0.5, 0.6) is 0 Å². The number of carbonyl (C=O) groups excluding carboxylic acids is 1. The SMILES string of the molecule is COC(=O)c1cc(Sc2n[nH]c(=O)n2C2CC2)ncc1N. The largest absolute Gasteiger partial charge is 0.465 e. The molecule has 1 aliphatic rings. The van der Waals surface area contributed by atoms with Gasteiger partial charge in [0, 0.05) is 6.04 Å². The summed E-state index contributed by atoms with van der Waals surface area (Å²) in [5, 5.41) is 7.46. The van der Waals surface area contributed by atoms with Crippen LogP contribution >= 0.6 is 11.8 Å².